The fraction of sp³-hybridized carbons (Fsp3) is 0.333. The van der Waals surface area contributed by atoms with E-state index in [-0.39, 0.29) is 5.92 Å². The number of halogens is 2. The average molecular weight is 298 g/mol. The Bertz CT molecular complexity index is 660. The number of hydrogen-bond donors (Lipinski definition) is 0. The normalized spacial score (nSPS) is 19.9. The molecule has 2 aromatic rings. The van der Waals surface area contributed by atoms with Gasteiger partial charge in [0.25, 0.3) is 0 Å². The molecule has 0 fully saturated rings. The molecule has 0 amide bonds. The third-order valence-corrected chi connectivity index (χ3v) is 3.91. The van der Waals surface area contributed by atoms with Crippen LogP contribution in [0.5, 0.6) is 0 Å². The Morgan fingerprint density at radius 2 is 2.05 bits per heavy atom. The molecule has 1 aliphatic rings. The first-order chi connectivity index (χ1) is 9.50. The quantitative estimate of drug-likeness (QED) is 0.809. The lowest BCUT2D eigenvalue weighted by atomic mass is 9.97. The standard InChI is InChI=1S/C12H11F2N3O2S/c13-12(14,20(18)19)11-15-10-9(6-7-17(10)16-11)8-4-2-1-3-5-8/h1-5,9H,6-7H2,(H,18,19)/p-1. The molecule has 2 heterocycles. The van der Waals surface area contributed by atoms with Gasteiger partial charge in [-0.15, -0.1) is 5.10 Å². The first-order valence-corrected chi connectivity index (χ1v) is 7.05. The Morgan fingerprint density at radius 3 is 2.70 bits per heavy atom. The van der Waals surface area contributed by atoms with Crippen molar-refractivity contribution in [1.29, 1.82) is 0 Å². The van der Waals surface area contributed by atoms with Crippen molar-refractivity contribution in [3.05, 3.63) is 47.5 Å². The van der Waals surface area contributed by atoms with E-state index in [2.05, 4.69) is 10.1 Å². The van der Waals surface area contributed by atoms with Crippen molar-refractivity contribution in [2.75, 3.05) is 0 Å². The number of hydrogen-bond acceptors (Lipinski definition) is 4. The zero-order valence-electron chi connectivity index (χ0n) is 10.2. The molecule has 1 aliphatic heterocycles. The summed E-state index contributed by atoms with van der Waals surface area (Å²) < 4.78 is 49.3. The first-order valence-electron chi connectivity index (χ1n) is 5.97. The van der Waals surface area contributed by atoms with Crippen LogP contribution in [0.3, 0.4) is 0 Å². The molecule has 5 nitrogen and oxygen atoms in total. The lowest BCUT2D eigenvalue weighted by Gasteiger charge is -2.15. The third kappa shape index (κ3) is 2.04. The second kappa shape index (κ2) is 4.71. The number of alkyl halides is 2. The molecule has 2 unspecified atom stereocenters. The van der Waals surface area contributed by atoms with E-state index in [0.717, 1.165) is 5.56 Å². The molecule has 20 heavy (non-hydrogen) atoms. The minimum atomic E-state index is -4.06. The van der Waals surface area contributed by atoms with Gasteiger partial charge in [0.1, 0.15) is 5.82 Å². The van der Waals surface area contributed by atoms with Crippen molar-refractivity contribution in [2.24, 2.45) is 0 Å². The van der Waals surface area contributed by atoms with Gasteiger partial charge < -0.3 is 4.55 Å². The van der Waals surface area contributed by atoms with Crippen LogP contribution in [-0.4, -0.2) is 23.5 Å². The number of benzene rings is 1. The summed E-state index contributed by atoms with van der Waals surface area (Å²) in [5.41, 5.74) is 0.955. The van der Waals surface area contributed by atoms with Crippen molar-refractivity contribution < 1.29 is 17.5 Å². The number of nitrogens with zero attached hydrogens (tertiary/aromatic N) is 3. The Hall–Kier alpha value is -1.67. The summed E-state index contributed by atoms with van der Waals surface area (Å²) in [6, 6.07) is 9.35. The monoisotopic (exact) mass is 298 g/mol. The summed E-state index contributed by atoms with van der Waals surface area (Å²) in [7, 11) is 0. The van der Waals surface area contributed by atoms with Gasteiger partial charge in [-0.05, 0) is 12.0 Å². The van der Waals surface area contributed by atoms with Crippen LogP contribution in [0.2, 0.25) is 0 Å². The van der Waals surface area contributed by atoms with Crippen molar-refractivity contribution in [1.82, 2.24) is 14.8 Å². The van der Waals surface area contributed by atoms with Crippen LogP contribution in [0.1, 0.15) is 29.6 Å². The summed E-state index contributed by atoms with van der Waals surface area (Å²) >= 11 is -3.58. The molecule has 0 bridgehead atoms. The minimum absolute atomic E-state index is 0.131. The molecule has 0 aliphatic carbocycles. The molecule has 3 rings (SSSR count). The van der Waals surface area contributed by atoms with Crippen LogP contribution in [-0.2, 0) is 22.9 Å². The largest absolute Gasteiger partial charge is 0.768 e. The van der Waals surface area contributed by atoms with E-state index in [9.17, 15) is 17.5 Å². The summed E-state index contributed by atoms with van der Waals surface area (Å²) in [5, 5.41) is -0.435. The minimum Gasteiger partial charge on any atom is -0.768 e. The van der Waals surface area contributed by atoms with Crippen LogP contribution in [0, 0.1) is 0 Å². The molecular weight excluding hydrogens is 288 g/mol. The van der Waals surface area contributed by atoms with Crippen molar-refractivity contribution in [3.8, 4) is 0 Å². The maximum absolute atomic E-state index is 13.4. The predicted molar refractivity (Wildman–Crippen MR) is 65.7 cm³/mol. The predicted octanol–water partition coefficient (Wildman–Crippen LogP) is 1.74. The Labute approximate surface area is 115 Å². The second-order valence-electron chi connectivity index (χ2n) is 4.52. The Kier molecular flexibility index (Phi) is 3.14. The van der Waals surface area contributed by atoms with E-state index in [1.165, 1.54) is 4.68 Å². The first kappa shape index (κ1) is 13.3. The van der Waals surface area contributed by atoms with Crippen molar-refractivity contribution in [2.45, 2.75) is 24.1 Å². The summed E-state index contributed by atoms with van der Waals surface area (Å²) in [4.78, 5) is 3.75. The van der Waals surface area contributed by atoms with Crippen LogP contribution in [0.15, 0.2) is 30.3 Å². The van der Waals surface area contributed by atoms with E-state index in [0.29, 0.717) is 18.8 Å². The third-order valence-electron chi connectivity index (χ3n) is 3.31. The maximum Gasteiger partial charge on any atom is 0.369 e. The Balaban J connectivity index is 1.99. The van der Waals surface area contributed by atoms with Crippen molar-refractivity contribution >= 4 is 11.1 Å². The van der Waals surface area contributed by atoms with Gasteiger partial charge in [-0.2, -0.15) is 8.78 Å². The van der Waals surface area contributed by atoms with Gasteiger partial charge in [-0.3, -0.25) is 4.21 Å². The summed E-state index contributed by atoms with van der Waals surface area (Å²) in [5.74, 6) is -0.703. The highest BCUT2D eigenvalue weighted by atomic mass is 32.2. The number of aryl methyl sites for hydroxylation is 1. The van der Waals surface area contributed by atoms with Gasteiger partial charge in [0.2, 0.25) is 5.82 Å². The second-order valence-corrected chi connectivity index (χ2v) is 5.50. The molecule has 0 saturated heterocycles. The van der Waals surface area contributed by atoms with Crippen LogP contribution in [0.25, 0.3) is 0 Å². The molecule has 8 heteroatoms. The van der Waals surface area contributed by atoms with Crippen LogP contribution < -0.4 is 0 Å². The van der Waals surface area contributed by atoms with E-state index in [1.54, 1.807) is 0 Å². The zero-order valence-corrected chi connectivity index (χ0v) is 11.0. The van der Waals surface area contributed by atoms with Crippen LogP contribution in [0.4, 0.5) is 8.78 Å². The molecule has 0 spiro atoms. The van der Waals surface area contributed by atoms with E-state index >= 15 is 0 Å². The highest BCUT2D eigenvalue weighted by molar-refractivity contribution is 7.79. The SMILES string of the molecule is O=S([O-])C(F)(F)c1nc2n(n1)CCC2c1ccccc1. The summed E-state index contributed by atoms with van der Waals surface area (Å²) in [6.45, 7) is 0.448. The smallest absolute Gasteiger partial charge is 0.369 e. The van der Waals surface area contributed by atoms with Gasteiger partial charge >= 0.3 is 5.25 Å². The average Bonchev–Trinajstić information content (AvgIpc) is 2.99. The van der Waals surface area contributed by atoms with Gasteiger partial charge in [0.15, 0.2) is 0 Å². The molecule has 0 N–H and O–H groups in total. The van der Waals surface area contributed by atoms with Crippen molar-refractivity contribution in [3.63, 3.8) is 0 Å². The number of rotatable bonds is 3. The van der Waals surface area contributed by atoms with E-state index < -0.39 is 22.2 Å². The fourth-order valence-electron chi connectivity index (χ4n) is 2.36. The van der Waals surface area contributed by atoms with Gasteiger partial charge in [0.05, 0.1) is 0 Å². The van der Waals surface area contributed by atoms with E-state index in [1.807, 2.05) is 30.3 Å². The molecule has 1 aromatic heterocycles. The lowest BCUT2D eigenvalue weighted by molar-refractivity contribution is 0.0769. The van der Waals surface area contributed by atoms with Gasteiger partial charge in [-0.25, -0.2) is 9.67 Å². The van der Waals surface area contributed by atoms with Crippen LogP contribution >= 0.6 is 0 Å². The molecule has 0 saturated carbocycles. The molecule has 2 atom stereocenters. The lowest BCUT2D eigenvalue weighted by Crippen LogP contribution is -2.22. The van der Waals surface area contributed by atoms with E-state index in [4.69, 9.17) is 0 Å². The molecule has 0 radical (unpaired) electrons. The molecule has 1 aromatic carbocycles. The van der Waals surface area contributed by atoms with Gasteiger partial charge in [-0.1, -0.05) is 30.3 Å². The highest BCUT2D eigenvalue weighted by Gasteiger charge is 2.41. The number of fused-ring (bicyclic) bond motifs is 1. The molecular formula is C12H10F2N3O2S-. The zero-order chi connectivity index (χ0) is 14.3. The topological polar surface area (TPSA) is 70.8 Å². The maximum atomic E-state index is 13.4. The highest BCUT2D eigenvalue weighted by Crippen LogP contribution is 2.35. The summed E-state index contributed by atoms with van der Waals surface area (Å²) in [6.07, 6.45) is 0.714. The molecule has 106 valence electrons. The Morgan fingerprint density at radius 1 is 1.35 bits per heavy atom. The fourth-order valence-corrected chi connectivity index (χ4v) is 2.59. The number of aromatic nitrogens is 3. The van der Waals surface area contributed by atoms with Gasteiger partial charge in [0, 0.05) is 23.5 Å².